The number of imide groups is 1. The molecule has 0 radical (unpaired) electrons. The van der Waals surface area contributed by atoms with Crippen molar-refractivity contribution in [2.75, 3.05) is 0 Å². The number of carbonyl (C=O) groups is 2. The minimum Gasteiger partial charge on any atom is -0.281 e. The number of H-pyrrole nitrogens is 1. The smallest absolute Gasteiger partial charge is 0.230 e. The maximum atomic E-state index is 11.2. The molecule has 0 bridgehead atoms. The van der Waals surface area contributed by atoms with E-state index in [2.05, 4.69) is 10.2 Å². The average Bonchev–Trinajstić information content (AvgIpc) is 2.70. The molecule has 5 nitrogen and oxygen atoms in total. The van der Waals surface area contributed by atoms with Crippen LogP contribution in [0.3, 0.4) is 0 Å². The highest BCUT2D eigenvalue weighted by Gasteiger charge is 2.28. The summed E-state index contributed by atoms with van der Waals surface area (Å²) in [7, 11) is 0. The molecule has 1 aliphatic rings. The lowest BCUT2D eigenvalue weighted by Gasteiger charge is -2.11. The lowest BCUT2D eigenvalue weighted by molar-refractivity contribution is -0.139. The molecule has 1 aromatic rings. The normalized spacial score (nSPS) is 17.1. The molecule has 2 heterocycles. The Morgan fingerprint density at radius 2 is 2.08 bits per heavy atom. The number of rotatable bonds is 2. The number of likely N-dealkylation sites (tertiary alicyclic amines) is 1. The lowest BCUT2D eigenvalue weighted by Crippen LogP contribution is -2.28. The number of aromatic nitrogens is 2. The van der Waals surface area contributed by atoms with Gasteiger partial charge in [0, 0.05) is 19.0 Å². The summed E-state index contributed by atoms with van der Waals surface area (Å²) in [6.45, 7) is 0.317. The van der Waals surface area contributed by atoms with Gasteiger partial charge in [-0.1, -0.05) is 0 Å². The van der Waals surface area contributed by atoms with E-state index in [1.54, 1.807) is 12.3 Å². The first kappa shape index (κ1) is 7.97. The van der Waals surface area contributed by atoms with Crippen LogP contribution in [0, 0.1) is 0 Å². The quantitative estimate of drug-likeness (QED) is 0.653. The van der Waals surface area contributed by atoms with Crippen molar-refractivity contribution in [3.05, 3.63) is 18.0 Å². The highest BCUT2D eigenvalue weighted by atomic mass is 16.2. The van der Waals surface area contributed by atoms with Crippen LogP contribution in [0.1, 0.15) is 18.5 Å². The van der Waals surface area contributed by atoms with Crippen LogP contribution in [0.4, 0.5) is 0 Å². The predicted molar refractivity (Wildman–Crippen MR) is 43.4 cm³/mol. The Bertz CT molecular complexity index is 315. The number of aromatic amines is 1. The second-order valence-electron chi connectivity index (χ2n) is 2.96. The highest BCUT2D eigenvalue weighted by Crippen LogP contribution is 2.14. The molecule has 1 saturated heterocycles. The number of hydrogen-bond acceptors (Lipinski definition) is 3. The second-order valence-corrected chi connectivity index (χ2v) is 2.96. The van der Waals surface area contributed by atoms with E-state index in [1.807, 2.05) is 0 Å². The number of nitrogens with one attached hydrogen (secondary N) is 1. The van der Waals surface area contributed by atoms with E-state index >= 15 is 0 Å². The summed E-state index contributed by atoms with van der Waals surface area (Å²) in [5, 5.41) is 6.45. The number of amides is 2. The second kappa shape index (κ2) is 3.01. The summed E-state index contributed by atoms with van der Waals surface area (Å²) in [6.07, 6.45) is 2.28. The van der Waals surface area contributed by atoms with Crippen LogP contribution >= 0.6 is 0 Å². The van der Waals surface area contributed by atoms with Crippen LogP contribution in [0.5, 0.6) is 0 Å². The topological polar surface area (TPSA) is 66.1 Å². The van der Waals surface area contributed by atoms with Crippen molar-refractivity contribution in [1.29, 1.82) is 0 Å². The van der Waals surface area contributed by atoms with Gasteiger partial charge in [0.1, 0.15) is 0 Å². The fourth-order valence-corrected chi connectivity index (χ4v) is 1.34. The minimum atomic E-state index is -0.0976. The van der Waals surface area contributed by atoms with Crippen molar-refractivity contribution >= 4 is 11.8 Å². The van der Waals surface area contributed by atoms with Crippen molar-refractivity contribution in [3.63, 3.8) is 0 Å². The first-order valence-electron chi connectivity index (χ1n) is 4.09. The van der Waals surface area contributed by atoms with Gasteiger partial charge in [0.25, 0.3) is 0 Å². The van der Waals surface area contributed by atoms with E-state index in [1.165, 1.54) is 4.90 Å². The lowest BCUT2D eigenvalue weighted by atomic mass is 10.4. The van der Waals surface area contributed by atoms with Gasteiger partial charge in [0.2, 0.25) is 11.8 Å². The van der Waals surface area contributed by atoms with Crippen LogP contribution < -0.4 is 0 Å². The van der Waals surface area contributed by atoms with Gasteiger partial charge in [-0.25, -0.2) is 0 Å². The maximum absolute atomic E-state index is 11.2. The van der Waals surface area contributed by atoms with Gasteiger partial charge < -0.3 is 0 Å². The third-order valence-electron chi connectivity index (χ3n) is 2.04. The molecule has 1 fully saturated rings. The third kappa shape index (κ3) is 1.44. The van der Waals surface area contributed by atoms with Gasteiger partial charge in [0.15, 0.2) is 0 Å². The van der Waals surface area contributed by atoms with Gasteiger partial charge >= 0.3 is 0 Å². The number of carbonyl (C=O) groups excluding carboxylic acids is 2. The summed E-state index contributed by atoms with van der Waals surface area (Å²) < 4.78 is 0. The van der Waals surface area contributed by atoms with Gasteiger partial charge in [0.05, 0.1) is 12.2 Å². The Kier molecular flexibility index (Phi) is 1.84. The molecular formula is C8H9N3O2. The molecule has 0 spiro atoms. The molecule has 2 rings (SSSR count). The molecule has 1 aliphatic heterocycles. The Balaban J connectivity index is 2.09. The average molecular weight is 179 g/mol. The third-order valence-corrected chi connectivity index (χ3v) is 2.04. The molecule has 1 N–H and O–H groups in total. The Hall–Kier alpha value is -1.65. The van der Waals surface area contributed by atoms with Crippen molar-refractivity contribution in [2.45, 2.75) is 19.4 Å². The molecule has 0 aromatic carbocycles. The molecule has 13 heavy (non-hydrogen) atoms. The predicted octanol–water partition coefficient (Wildman–Crippen LogP) is 0.0587. The maximum Gasteiger partial charge on any atom is 0.230 e. The standard InChI is InChI=1S/C8H9N3O2/c12-7-1-2-8(13)11(7)5-6-3-4-9-10-6/h3-4H,1-2,5H2,(H,9,10). The monoisotopic (exact) mass is 179 g/mol. The molecule has 0 unspecified atom stereocenters. The first-order chi connectivity index (χ1) is 6.27. The van der Waals surface area contributed by atoms with Crippen LogP contribution in [-0.2, 0) is 16.1 Å². The summed E-state index contributed by atoms with van der Waals surface area (Å²) in [5.41, 5.74) is 0.781. The molecule has 1 aromatic heterocycles. The Morgan fingerprint density at radius 1 is 1.38 bits per heavy atom. The zero-order valence-corrected chi connectivity index (χ0v) is 6.99. The Labute approximate surface area is 74.7 Å². The van der Waals surface area contributed by atoms with Crippen LogP contribution in [0.15, 0.2) is 12.3 Å². The summed E-state index contributed by atoms with van der Waals surface area (Å²) >= 11 is 0. The highest BCUT2D eigenvalue weighted by molar-refractivity contribution is 6.01. The van der Waals surface area contributed by atoms with E-state index in [0.717, 1.165) is 5.69 Å². The minimum absolute atomic E-state index is 0.0976. The van der Waals surface area contributed by atoms with E-state index in [9.17, 15) is 9.59 Å². The van der Waals surface area contributed by atoms with Crippen LogP contribution in [-0.4, -0.2) is 26.9 Å². The summed E-state index contributed by atoms with van der Waals surface area (Å²) in [4.78, 5) is 23.6. The number of nitrogens with zero attached hydrogens (tertiary/aromatic N) is 2. The fourth-order valence-electron chi connectivity index (χ4n) is 1.34. The van der Waals surface area contributed by atoms with Crippen molar-refractivity contribution in [1.82, 2.24) is 15.1 Å². The SMILES string of the molecule is O=C1CCC(=O)N1Cc1ccn[nH]1. The zero-order chi connectivity index (χ0) is 9.26. The summed E-state index contributed by atoms with van der Waals surface area (Å²) in [6, 6.07) is 1.75. The van der Waals surface area contributed by atoms with E-state index < -0.39 is 0 Å². The molecule has 0 aliphatic carbocycles. The molecule has 0 saturated carbocycles. The molecule has 5 heteroatoms. The Morgan fingerprint density at radius 3 is 2.62 bits per heavy atom. The van der Waals surface area contributed by atoms with Crippen LogP contribution in [0.2, 0.25) is 0 Å². The van der Waals surface area contributed by atoms with Crippen molar-refractivity contribution < 1.29 is 9.59 Å². The van der Waals surface area contributed by atoms with Gasteiger partial charge in [-0.05, 0) is 6.07 Å². The van der Waals surface area contributed by atoms with Gasteiger partial charge in [-0.3, -0.25) is 19.6 Å². The summed E-state index contributed by atoms with van der Waals surface area (Å²) in [5.74, 6) is -0.195. The zero-order valence-electron chi connectivity index (χ0n) is 6.99. The van der Waals surface area contributed by atoms with E-state index in [0.29, 0.717) is 19.4 Å². The van der Waals surface area contributed by atoms with Gasteiger partial charge in [-0.15, -0.1) is 0 Å². The van der Waals surface area contributed by atoms with Crippen molar-refractivity contribution in [2.24, 2.45) is 0 Å². The first-order valence-corrected chi connectivity index (χ1v) is 4.09. The fraction of sp³-hybridized carbons (Fsp3) is 0.375. The van der Waals surface area contributed by atoms with Gasteiger partial charge in [-0.2, -0.15) is 5.10 Å². The number of hydrogen-bond donors (Lipinski definition) is 1. The van der Waals surface area contributed by atoms with Crippen LogP contribution in [0.25, 0.3) is 0 Å². The largest absolute Gasteiger partial charge is 0.281 e. The van der Waals surface area contributed by atoms with E-state index in [-0.39, 0.29) is 11.8 Å². The van der Waals surface area contributed by atoms with E-state index in [4.69, 9.17) is 0 Å². The molecular weight excluding hydrogens is 170 g/mol. The molecule has 2 amide bonds. The van der Waals surface area contributed by atoms with Crippen molar-refractivity contribution in [3.8, 4) is 0 Å². The molecule has 0 atom stereocenters. The molecule has 68 valence electrons.